The predicted octanol–water partition coefficient (Wildman–Crippen LogP) is 3.14. The summed E-state index contributed by atoms with van der Waals surface area (Å²) in [6.07, 6.45) is 5.79. The highest BCUT2D eigenvalue weighted by Gasteiger charge is 2.12. The Labute approximate surface area is 130 Å². The van der Waals surface area contributed by atoms with Gasteiger partial charge >= 0.3 is 5.97 Å². The number of benzene rings is 1. The van der Waals surface area contributed by atoms with E-state index in [0.29, 0.717) is 16.7 Å². The summed E-state index contributed by atoms with van der Waals surface area (Å²) >= 11 is 5.83. The second kappa shape index (κ2) is 6.36. The lowest BCUT2D eigenvalue weighted by atomic mass is 10.2. The SMILES string of the molecule is O=C(OCc1ncc(-c2ccc(Cl)cc2)o1)c1cnccn1. The van der Waals surface area contributed by atoms with Gasteiger partial charge in [-0.1, -0.05) is 11.6 Å². The largest absolute Gasteiger partial charge is 0.451 e. The molecule has 6 nitrogen and oxygen atoms in total. The van der Waals surface area contributed by atoms with Gasteiger partial charge in [0.15, 0.2) is 18.1 Å². The molecule has 0 amide bonds. The van der Waals surface area contributed by atoms with Crippen LogP contribution in [-0.2, 0) is 11.3 Å². The molecule has 0 radical (unpaired) electrons. The average Bonchev–Trinajstić information content (AvgIpc) is 3.03. The van der Waals surface area contributed by atoms with Gasteiger partial charge in [-0.05, 0) is 24.3 Å². The van der Waals surface area contributed by atoms with Crippen molar-refractivity contribution in [3.8, 4) is 11.3 Å². The molecular weight excluding hydrogens is 306 g/mol. The van der Waals surface area contributed by atoms with Gasteiger partial charge in [-0.2, -0.15) is 0 Å². The number of esters is 1. The van der Waals surface area contributed by atoms with Gasteiger partial charge < -0.3 is 9.15 Å². The van der Waals surface area contributed by atoms with Gasteiger partial charge in [-0.3, -0.25) is 4.98 Å². The fourth-order valence-electron chi connectivity index (χ4n) is 1.73. The molecule has 7 heteroatoms. The Morgan fingerprint density at radius 2 is 1.95 bits per heavy atom. The number of hydrogen-bond donors (Lipinski definition) is 0. The van der Waals surface area contributed by atoms with Gasteiger partial charge in [0.05, 0.1) is 12.4 Å². The van der Waals surface area contributed by atoms with E-state index in [-0.39, 0.29) is 12.3 Å². The van der Waals surface area contributed by atoms with Gasteiger partial charge in [-0.25, -0.2) is 14.8 Å². The van der Waals surface area contributed by atoms with E-state index in [9.17, 15) is 4.79 Å². The number of ether oxygens (including phenoxy) is 1. The van der Waals surface area contributed by atoms with Crippen molar-refractivity contribution >= 4 is 17.6 Å². The van der Waals surface area contributed by atoms with Crippen LogP contribution in [-0.4, -0.2) is 20.9 Å². The molecule has 3 aromatic rings. The summed E-state index contributed by atoms with van der Waals surface area (Å²) in [7, 11) is 0. The number of oxazole rings is 1. The third-order valence-corrected chi connectivity index (χ3v) is 3.03. The summed E-state index contributed by atoms with van der Waals surface area (Å²) < 4.78 is 10.6. The first-order chi connectivity index (χ1) is 10.7. The van der Waals surface area contributed by atoms with Gasteiger partial charge in [0.2, 0.25) is 5.89 Å². The van der Waals surface area contributed by atoms with Gasteiger partial charge in [0, 0.05) is 23.0 Å². The van der Waals surface area contributed by atoms with Crippen LogP contribution in [0.1, 0.15) is 16.4 Å². The van der Waals surface area contributed by atoms with Crippen LogP contribution in [0.5, 0.6) is 0 Å². The van der Waals surface area contributed by atoms with Crippen LogP contribution in [0.2, 0.25) is 5.02 Å². The van der Waals surface area contributed by atoms with Crippen LogP contribution >= 0.6 is 11.6 Å². The van der Waals surface area contributed by atoms with Crippen molar-refractivity contribution in [2.24, 2.45) is 0 Å². The normalized spacial score (nSPS) is 10.4. The van der Waals surface area contributed by atoms with Crippen molar-refractivity contribution in [2.75, 3.05) is 0 Å². The molecule has 0 fully saturated rings. The molecule has 0 saturated carbocycles. The van der Waals surface area contributed by atoms with Crippen molar-refractivity contribution in [3.05, 3.63) is 65.7 Å². The van der Waals surface area contributed by atoms with Crippen molar-refractivity contribution in [1.29, 1.82) is 0 Å². The summed E-state index contributed by atoms with van der Waals surface area (Å²) in [4.78, 5) is 23.4. The lowest BCUT2D eigenvalue weighted by Gasteiger charge is -2.00. The lowest BCUT2D eigenvalue weighted by molar-refractivity contribution is 0.0431. The fraction of sp³-hybridized carbons (Fsp3) is 0.0667. The monoisotopic (exact) mass is 315 g/mol. The standard InChI is InChI=1S/C15H10ClN3O3/c16-11-3-1-10(2-4-11)13-8-19-14(22-13)9-21-15(20)12-7-17-5-6-18-12/h1-8H,9H2. The topological polar surface area (TPSA) is 78.1 Å². The quantitative estimate of drug-likeness (QED) is 0.688. The summed E-state index contributed by atoms with van der Waals surface area (Å²) in [5, 5.41) is 0.640. The Kier molecular flexibility index (Phi) is 4.11. The maximum absolute atomic E-state index is 11.7. The van der Waals surface area contributed by atoms with Crippen LogP contribution in [0.3, 0.4) is 0 Å². The average molecular weight is 316 g/mol. The summed E-state index contributed by atoms with van der Waals surface area (Å²) in [6.45, 7) is -0.0804. The van der Waals surface area contributed by atoms with E-state index in [0.717, 1.165) is 5.56 Å². The second-order valence-corrected chi connectivity index (χ2v) is 4.73. The summed E-state index contributed by atoms with van der Waals surface area (Å²) in [6, 6.07) is 7.15. The van der Waals surface area contributed by atoms with Crippen molar-refractivity contribution in [2.45, 2.75) is 6.61 Å². The van der Waals surface area contributed by atoms with Crippen molar-refractivity contribution < 1.29 is 13.9 Å². The highest BCUT2D eigenvalue weighted by molar-refractivity contribution is 6.30. The van der Waals surface area contributed by atoms with Gasteiger partial charge in [-0.15, -0.1) is 0 Å². The molecule has 1 aromatic carbocycles. The minimum absolute atomic E-state index is 0.0804. The summed E-state index contributed by atoms with van der Waals surface area (Å²) in [5.74, 6) is 0.281. The van der Waals surface area contributed by atoms with Crippen molar-refractivity contribution in [1.82, 2.24) is 15.0 Å². The first-order valence-electron chi connectivity index (χ1n) is 6.36. The zero-order valence-electron chi connectivity index (χ0n) is 11.3. The Morgan fingerprint density at radius 1 is 1.14 bits per heavy atom. The highest BCUT2D eigenvalue weighted by atomic mass is 35.5. The van der Waals surface area contributed by atoms with Crippen LogP contribution < -0.4 is 0 Å². The molecule has 0 saturated heterocycles. The third-order valence-electron chi connectivity index (χ3n) is 2.78. The molecule has 110 valence electrons. The van der Waals surface area contributed by atoms with E-state index in [1.165, 1.54) is 18.6 Å². The molecule has 0 aliphatic rings. The third kappa shape index (κ3) is 3.29. The van der Waals surface area contributed by atoms with E-state index in [1.807, 2.05) is 12.1 Å². The zero-order chi connectivity index (χ0) is 15.4. The number of hydrogen-bond acceptors (Lipinski definition) is 6. The van der Waals surface area contributed by atoms with Gasteiger partial charge in [0.25, 0.3) is 0 Å². The smallest absolute Gasteiger partial charge is 0.359 e. The highest BCUT2D eigenvalue weighted by Crippen LogP contribution is 2.22. The molecule has 0 aliphatic carbocycles. The van der Waals surface area contributed by atoms with Crippen LogP contribution in [0.15, 0.2) is 53.5 Å². The van der Waals surface area contributed by atoms with Crippen LogP contribution in [0.25, 0.3) is 11.3 Å². The predicted molar refractivity (Wildman–Crippen MR) is 78.1 cm³/mol. The number of halogens is 1. The fourth-order valence-corrected chi connectivity index (χ4v) is 1.86. The maximum atomic E-state index is 11.7. The number of aromatic nitrogens is 3. The van der Waals surface area contributed by atoms with E-state index in [1.54, 1.807) is 18.3 Å². The summed E-state index contributed by atoms with van der Waals surface area (Å²) in [5.41, 5.74) is 0.968. The molecule has 2 aromatic heterocycles. The number of rotatable bonds is 4. The van der Waals surface area contributed by atoms with Gasteiger partial charge in [0.1, 0.15) is 0 Å². The van der Waals surface area contributed by atoms with E-state index in [4.69, 9.17) is 20.8 Å². The Bertz CT molecular complexity index is 772. The second-order valence-electron chi connectivity index (χ2n) is 4.29. The molecule has 0 atom stereocenters. The molecule has 2 heterocycles. The molecule has 3 rings (SSSR count). The Balaban J connectivity index is 1.65. The molecule has 0 N–H and O–H groups in total. The number of nitrogens with zero attached hydrogens (tertiary/aromatic N) is 3. The minimum atomic E-state index is -0.584. The molecule has 0 unspecified atom stereocenters. The maximum Gasteiger partial charge on any atom is 0.359 e. The Morgan fingerprint density at radius 3 is 2.68 bits per heavy atom. The van der Waals surface area contributed by atoms with E-state index >= 15 is 0 Å². The molecule has 0 aliphatic heterocycles. The minimum Gasteiger partial charge on any atom is -0.451 e. The molecule has 0 bridgehead atoms. The molecule has 22 heavy (non-hydrogen) atoms. The zero-order valence-corrected chi connectivity index (χ0v) is 12.0. The first-order valence-corrected chi connectivity index (χ1v) is 6.74. The van der Waals surface area contributed by atoms with Crippen LogP contribution in [0, 0.1) is 0 Å². The number of carbonyl (C=O) groups excluding carboxylic acids is 1. The van der Waals surface area contributed by atoms with E-state index < -0.39 is 5.97 Å². The van der Waals surface area contributed by atoms with Crippen molar-refractivity contribution in [3.63, 3.8) is 0 Å². The number of carbonyl (C=O) groups is 1. The van der Waals surface area contributed by atoms with Crippen LogP contribution in [0.4, 0.5) is 0 Å². The lowest BCUT2D eigenvalue weighted by Crippen LogP contribution is -2.07. The Hall–Kier alpha value is -2.73. The first kappa shape index (κ1) is 14.2. The molecular formula is C15H10ClN3O3. The van der Waals surface area contributed by atoms with E-state index in [2.05, 4.69) is 15.0 Å². The molecule has 0 spiro atoms.